The highest BCUT2D eigenvalue weighted by Crippen LogP contribution is 2.10. The molecule has 0 amide bonds. The van der Waals surface area contributed by atoms with Crippen molar-refractivity contribution >= 4 is 22.2 Å². The Morgan fingerprint density at radius 1 is 1.23 bits per heavy atom. The molecule has 0 unspecified atom stereocenters. The lowest BCUT2D eigenvalue weighted by Crippen LogP contribution is -3.14. The number of allylic oxidation sites excluding steroid dienone is 1. The largest absolute Gasteiger partial charge is 0.314 e. The molecule has 0 saturated carbocycles. The van der Waals surface area contributed by atoms with Gasteiger partial charge < -0.3 is 9.47 Å². The molecular formula is C17H24N5O2S2+. The van der Waals surface area contributed by atoms with Gasteiger partial charge in [-0.1, -0.05) is 36.4 Å². The molecular weight excluding hydrogens is 370 g/mol. The van der Waals surface area contributed by atoms with Gasteiger partial charge in [0.15, 0.2) is 6.67 Å². The van der Waals surface area contributed by atoms with E-state index in [1.54, 1.807) is 21.4 Å². The standard InChI is InChI=1S/C17H23N5O2S2/c1-2-8-20-14-18-22(17(20)25)15-19-9-11-21(12-10-19)26(23,24)13-16-6-4-3-5-7-16/h2-7,14H,1,8-13,15H2/p+1. The van der Waals surface area contributed by atoms with Crippen LogP contribution in [0.25, 0.3) is 0 Å². The Balaban J connectivity index is 1.57. The molecule has 9 heteroatoms. The van der Waals surface area contributed by atoms with Crippen LogP contribution in [0.4, 0.5) is 0 Å². The van der Waals surface area contributed by atoms with Gasteiger partial charge in [0.2, 0.25) is 14.8 Å². The molecule has 2 aromatic rings. The van der Waals surface area contributed by atoms with Gasteiger partial charge in [-0.25, -0.2) is 8.42 Å². The number of hydrogen-bond donors (Lipinski definition) is 1. The molecule has 0 spiro atoms. The van der Waals surface area contributed by atoms with Gasteiger partial charge in [0.25, 0.3) is 0 Å². The summed E-state index contributed by atoms with van der Waals surface area (Å²) in [6, 6.07) is 9.31. The maximum absolute atomic E-state index is 12.6. The molecule has 26 heavy (non-hydrogen) atoms. The summed E-state index contributed by atoms with van der Waals surface area (Å²) in [7, 11) is -3.28. The third-order valence-corrected chi connectivity index (χ3v) is 6.81. The first kappa shape index (κ1) is 19.0. The van der Waals surface area contributed by atoms with Crippen molar-refractivity contribution in [3.8, 4) is 0 Å². The SMILES string of the molecule is C=CCn1cnn(C[NH+]2CCN(S(=O)(=O)Cc3ccccc3)CC2)c1=S. The van der Waals surface area contributed by atoms with E-state index in [0.717, 1.165) is 18.7 Å². The maximum Gasteiger partial charge on any atom is 0.218 e. The number of sulfonamides is 1. The molecule has 7 nitrogen and oxygen atoms in total. The number of benzene rings is 1. The lowest BCUT2D eigenvalue weighted by atomic mass is 10.2. The van der Waals surface area contributed by atoms with Crippen LogP contribution in [0.15, 0.2) is 49.3 Å². The number of piperazine rings is 1. The molecule has 1 saturated heterocycles. The molecule has 0 aliphatic carbocycles. The minimum absolute atomic E-state index is 0.0557. The average Bonchev–Trinajstić information content (AvgIpc) is 2.96. The second-order valence-electron chi connectivity index (χ2n) is 6.40. The molecule has 3 rings (SSSR count). The first-order valence-electron chi connectivity index (χ1n) is 8.58. The minimum atomic E-state index is -3.28. The Bertz CT molecular complexity index is 897. The van der Waals surface area contributed by atoms with E-state index < -0.39 is 10.0 Å². The zero-order valence-electron chi connectivity index (χ0n) is 14.6. The second kappa shape index (κ2) is 8.26. The van der Waals surface area contributed by atoms with E-state index in [4.69, 9.17) is 12.2 Å². The summed E-state index contributed by atoms with van der Waals surface area (Å²) in [6.45, 7) is 7.52. The Labute approximate surface area is 159 Å². The highest BCUT2D eigenvalue weighted by Gasteiger charge is 2.29. The first-order valence-corrected chi connectivity index (χ1v) is 10.6. The smallest absolute Gasteiger partial charge is 0.218 e. The van der Waals surface area contributed by atoms with Gasteiger partial charge in [0, 0.05) is 6.54 Å². The Morgan fingerprint density at radius 3 is 2.58 bits per heavy atom. The van der Waals surface area contributed by atoms with Crippen LogP contribution in [0.3, 0.4) is 0 Å². The van der Waals surface area contributed by atoms with Crippen LogP contribution in [-0.2, 0) is 29.0 Å². The Morgan fingerprint density at radius 2 is 1.92 bits per heavy atom. The van der Waals surface area contributed by atoms with Crippen molar-refractivity contribution in [3.63, 3.8) is 0 Å². The molecule has 1 aliphatic rings. The van der Waals surface area contributed by atoms with Crippen LogP contribution in [0.1, 0.15) is 5.56 Å². The van der Waals surface area contributed by atoms with Crippen LogP contribution < -0.4 is 4.90 Å². The molecule has 1 aromatic heterocycles. The number of rotatable bonds is 7. The zero-order chi connectivity index (χ0) is 18.6. The van der Waals surface area contributed by atoms with Gasteiger partial charge >= 0.3 is 0 Å². The highest BCUT2D eigenvalue weighted by molar-refractivity contribution is 7.88. The van der Waals surface area contributed by atoms with Gasteiger partial charge in [0.05, 0.1) is 31.9 Å². The molecule has 1 aromatic carbocycles. The summed E-state index contributed by atoms with van der Waals surface area (Å²) < 4.78 is 31.2. The summed E-state index contributed by atoms with van der Waals surface area (Å²) >= 11 is 5.41. The van der Waals surface area contributed by atoms with E-state index in [2.05, 4.69) is 11.7 Å². The molecule has 1 fully saturated rings. The summed E-state index contributed by atoms with van der Waals surface area (Å²) in [4.78, 5) is 1.27. The van der Waals surface area contributed by atoms with Crippen molar-refractivity contribution in [2.24, 2.45) is 0 Å². The van der Waals surface area contributed by atoms with E-state index in [1.165, 1.54) is 4.90 Å². The normalized spacial score (nSPS) is 16.6. The number of hydrogen-bond acceptors (Lipinski definition) is 4. The predicted molar refractivity (Wildman–Crippen MR) is 103 cm³/mol. The van der Waals surface area contributed by atoms with E-state index in [0.29, 0.717) is 31.1 Å². The van der Waals surface area contributed by atoms with E-state index >= 15 is 0 Å². The van der Waals surface area contributed by atoms with Crippen LogP contribution in [-0.4, -0.2) is 53.2 Å². The maximum atomic E-state index is 12.6. The van der Waals surface area contributed by atoms with Crippen LogP contribution in [0.2, 0.25) is 0 Å². The fourth-order valence-corrected chi connectivity index (χ4v) is 4.84. The zero-order valence-corrected chi connectivity index (χ0v) is 16.3. The molecule has 1 aliphatic heterocycles. The lowest BCUT2D eigenvalue weighted by Gasteiger charge is -2.31. The summed E-state index contributed by atoms with van der Waals surface area (Å²) in [6.07, 6.45) is 3.50. The molecule has 140 valence electrons. The lowest BCUT2D eigenvalue weighted by molar-refractivity contribution is -0.926. The first-order chi connectivity index (χ1) is 12.5. The van der Waals surface area contributed by atoms with E-state index in [-0.39, 0.29) is 5.75 Å². The number of aromatic nitrogens is 3. The molecule has 0 atom stereocenters. The van der Waals surface area contributed by atoms with Gasteiger partial charge in [-0.2, -0.15) is 14.1 Å². The second-order valence-corrected chi connectivity index (χ2v) is 8.74. The summed E-state index contributed by atoms with van der Waals surface area (Å²) in [5.74, 6) is 0.0557. The summed E-state index contributed by atoms with van der Waals surface area (Å²) in [5.41, 5.74) is 0.821. The van der Waals surface area contributed by atoms with Crippen molar-refractivity contribution < 1.29 is 13.3 Å². The van der Waals surface area contributed by atoms with Crippen LogP contribution in [0.5, 0.6) is 0 Å². The van der Waals surface area contributed by atoms with E-state index in [9.17, 15) is 8.42 Å². The number of quaternary nitrogens is 1. The van der Waals surface area contributed by atoms with E-state index in [1.807, 2.05) is 34.9 Å². The third kappa shape index (κ3) is 4.47. The third-order valence-electron chi connectivity index (χ3n) is 4.51. The van der Waals surface area contributed by atoms with Gasteiger partial charge in [0.1, 0.15) is 6.33 Å². The Hall–Kier alpha value is -1.81. The number of nitrogens with one attached hydrogen (secondary N) is 1. The molecule has 1 N–H and O–H groups in total. The Kier molecular flexibility index (Phi) is 6.02. The quantitative estimate of drug-likeness (QED) is 0.542. The minimum Gasteiger partial charge on any atom is -0.314 e. The van der Waals surface area contributed by atoms with Crippen LogP contribution in [0, 0.1) is 4.77 Å². The van der Waals surface area contributed by atoms with Crippen molar-refractivity contribution in [2.75, 3.05) is 26.2 Å². The van der Waals surface area contributed by atoms with Crippen molar-refractivity contribution in [1.29, 1.82) is 0 Å². The summed E-state index contributed by atoms with van der Waals surface area (Å²) in [5, 5.41) is 4.33. The number of nitrogens with zero attached hydrogens (tertiary/aromatic N) is 4. The van der Waals surface area contributed by atoms with Crippen molar-refractivity contribution in [1.82, 2.24) is 18.7 Å². The predicted octanol–water partition coefficient (Wildman–Crippen LogP) is 0.288. The molecule has 2 heterocycles. The van der Waals surface area contributed by atoms with Crippen molar-refractivity contribution in [3.05, 3.63) is 59.6 Å². The highest BCUT2D eigenvalue weighted by atomic mass is 32.2. The molecule has 0 bridgehead atoms. The monoisotopic (exact) mass is 394 g/mol. The molecule has 0 radical (unpaired) electrons. The van der Waals surface area contributed by atoms with Crippen molar-refractivity contribution in [2.45, 2.75) is 19.0 Å². The van der Waals surface area contributed by atoms with Gasteiger partial charge in [-0.15, -0.1) is 6.58 Å². The topological polar surface area (TPSA) is 64.6 Å². The van der Waals surface area contributed by atoms with Crippen LogP contribution >= 0.6 is 12.2 Å². The van der Waals surface area contributed by atoms with Gasteiger partial charge in [-0.3, -0.25) is 0 Å². The fourth-order valence-electron chi connectivity index (χ4n) is 3.07. The van der Waals surface area contributed by atoms with Gasteiger partial charge in [-0.05, 0) is 17.8 Å². The average molecular weight is 395 g/mol. The fraction of sp³-hybridized carbons (Fsp3) is 0.412.